The van der Waals surface area contributed by atoms with Crippen molar-refractivity contribution in [1.82, 2.24) is 10.6 Å². The standard InChI is InChI=1S/C22H37N3O3/c1-4-23-22(24-12-7-13-27-17-20-10-14-26-15-11-20)25-16-19(3)28-21-9-6-5-8-18(21)2/h5-6,8-9,19-20H,4,7,10-17H2,1-3H3,(H2,23,24,25). The van der Waals surface area contributed by atoms with Crippen molar-refractivity contribution in [1.29, 1.82) is 0 Å². The first-order chi connectivity index (χ1) is 13.7. The summed E-state index contributed by atoms with van der Waals surface area (Å²) in [5.41, 5.74) is 1.14. The second kappa shape index (κ2) is 13.4. The van der Waals surface area contributed by atoms with Crippen LogP contribution < -0.4 is 15.4 Å². The maximum Gasteiger partial charge on any atom is 0.191 e. The summed E-state index contributed by atoms with van der Waals surface area (Å²) >= 11 is 0. The topological polar surface area (TPSA) is 64.1 Å². The Balaban J connectivity index is 1.63. The predicted octanol–water partition coefficient (Wildman–Crippen LogP) is 3.15. The summed E-state index contributed by atoms with van der Waals surface area (Å²) in [7, 11) is 0. The van der Waals surface area contributed by atoms with Crippen molar-refractivity contribution in [3.05, 3.63) is 29.8 Å². The van der Waals surface area contributed by atoms with Crippen LogP contribution in [0.15, 0.2) is 29.3 Å². The van der Waals surface area contributed by atoms with Crippen molar-refractivity contribution in [2.45, 2.75) is 46.1 Å². The number of hydrogen-bond donors (Lipinski definition) is 2. The Hall–Kier alpha value is -1.79. The molecular weight excluding hydrogens is 354 g/mol. The quantitative estimate of drug-likeness (QED) is 0.345. The highest BCUT2D eigenvalue weighted by Crippen LogP contribution is 2.17. The van der Waals surface area contributed by atoms with Crippen LogP contribution in [-0.2, 0) is 9.47 Å². The molecule has 1 fully saturated rings. The van der Waals surface area contributed by atoms with Crippen molar-refractivity contribution >= 4 is 5.96 Å². The molecule has 1 heterocycles. The number of rotatable bonds is 11. The van der Waals surface area contributed by atoms with Gasteiger partial charge in [-0.15, -0.1) is 0 Å². The molecule has 2 N–H and O–H groups in total. The molecule has 1 aliphatic rings. The second-order valence-corrected chi connectivity index (χ2v) is 7.32. The summed E-state index contributed by atoms with van der Waals surface area (Å²) < 4.78 is 17.2. The number of aliphatic imine (C=N–C) groups is 1. The van der Waals surface area contributed by atoms with E-state index >= 15 is 0 Å². The molecule has 1 aromatic carbocycles. The van der Waals surface area contributed by atoms with Crippen molar-refractivity contribution in [2.75, 3.05) is 46.1 Å². The Morgan fingerprint density at radius 3 is 2.79 bits per heavy atom. The van der Waals surface area contributed by atoms with E-state index in [1.54, 1.807) is 0 Å². The molecule has 0 spiro atoms. The Morgan fingerprint density at radius 2 is 2.04 bits per heavy atom. The molecule has 0 amide bonds. The fraction of sp³-hybridized carbons (Fsp3) is 0.682. The van der Waals surface area contributed by atoms with Gasteiger partial charge in [0, 0.05) is 39.5 Å². The van der Waals surface area contributed by atoms with Gasteiger partial charge in [0.1, 0.15) is 11.9 Å². The SMILES string of the molecule is CCNC(=NCC(C)Oc1ccccc1C)NCCCOCC1CCOCC1. The van der Waals surface area contributed by atoms with E-state index in [0.717, 1.165) is 76.1 Å². The lowest BCUT2D eigenvalue weighted by Crippen LogP contribution is -2.38. The normalized spacial score (nSPS) is 16.6. The van der Waals surface area contributed by atoms with E-state index < -0.39 is 0 Å². The van der Waals surface area contributed by atoms with Gasteiger partial charge >= 0.3 is 0 Å². The zero-order chi connectivity index (χ0) is 20.0. The number of ether oxygens (including phenoxy) is 3. The first-order valence-electron chi connectivity index (χ1n) is 10.6. The summed E-state index contributed by atoms with van der Waals surface area (Å²) in [4.78, 5) is 4.65. The molecule has 1 saturated heterocycles. The average Bonchev–Trinajstić information content (AvgIpc) is 2.71. The molecule has 0 aliphatic carbocycles. The van der Waals surface area contributed by atoms with Gasteiger partial charge in [-0.2, -0.15) is 0 Å². The summed E-state index contributed by atoms with van der Waals surface area (Å²) in [5, 5.41) is 6.66. The lowest BCUT2D eigenvalue weighted by atomic mass is 10.0. The Bertz CT molecular complexity index is 574. The molecular formula is C22H37N3O3. The van der Waals surface area contributed by atoms with E-state index in [4.69, 9.17) is 14.2 Å². The molecule has 0 bridgehead atoms. The largest absolute Gasteiger partial charge is 0.489 e. The first kappa shape index (κ1) is 22.5. The Labute approximate surface area is 170 Å². The number of hydrogen-bond acceptors (Lipinski definition) is 4. The van der Waals surface area contributed by atoms with E-state index in [-0.39, 0.29) is 6.10 Å². The van der Waals surface area contributed by atoms with Crippen LogP contribution >= 0.6 is 0 Å². The van der Waals surface area contributed by atoms with Crippen LogP contribution in [0.5, 0.6) is 5.75 Å². The summed E-state index contributed by atoms with van der Waals surface area (Å²) in [5.74, 6) is 2.41. The fourth-order valence-electron chi connectivity index (χ4n) is 3.05. The minimum atomic E-state index is 0.0133. The lowest BCUT2D eigenvalue weighted by molar-refractivity contribution is 0.0203. The molecule has 0 aromatic heterocycles. The lowest BCUT2D eigenvalue weighted by Gasteiger charge is -2.21. The van der Waals surface area contributed by atoms with Gasteiger partial charge < -0.3 is 24.8 Å². The highest BCUT2D eigenvalue weighted by molar-refractivity contribution is 5.79. The molecule has 0 saturated carbocycles. The highest BCUT2D eigenvalue weighted by atomic mass is 16.5. The van der Waals surface area contributed by atoms with Crippen molar-refractivity contribution in [2.24, 2.45) is 10.9 Å². The van der Waals surface area contributed by atoms with Gasteiger partial charge in [0.15, 0.2) is 5.96 Å². The molecule has 1 unspecified atom stereocenters. The summed E-state index contributed by atoms with van der Waals surface area (Å²) in [6.45, 7) is 11.8. The summed E-state index contributed by atoms with van der Waals surface area (Å²) in [6, 6.07) is 8.07. The van der Waals surface area contributed by atoms with Gasteiger partial charge in [0.2, 0.25) is 0 Å². The second-order valence-electron chi connectivity index (χ2n) is 7.32. The number of nitrogens with zero attached hydrogens (tertiary/aromatic N) is 1. The van der Waals surface area contributed by atoms with E-state index in [2.05, 4.69) is 35.5 Å². The smallest absolute Gasteiger partial charge is 0.191 e. The number of nitrogens with one attached hydrogen (secondary N) is 2. The average molecular weight is 392 g/mol. The minimum absolute atomic E-state index is 0.0133. The Morgan fingerprint density at radius 1 is 1.25 bits per heavy atom. The van der Waals surface area contributed by atoms with E-state index in [1.807, 2.05) is 25.1 Å². The first-order valence-corrected chi connectivity index (χ1v) is 10.6. The number of aryl methyl sites for hydroxylation is 1. The molecule has 6 heteroatoms. The number of para-hydroxylation sites is 1. The molecule has 1 aliphatic heterocycles. The zero-order valence-corrected chi connectivity index (χ0v) is 17.7. The zero-order valence-electron chi connectivity index (χ0n) is 17.7. The van der Waals surface area contributed by atoms with Gasteiger partial charge in [0.25, 0.3) is 0 Å². The molecule has 1 atom stereocenters. The van der Waals surface area contributed by atoms with E-state index in [0.29, 0.717) is 12.5 Å². The van der Waals surface area contributed by atoms with Crippen LogP contribution in [0, 0.1) is 12.8 Å². The van der Waals surface area contributed by atoms with Crippen LogP contribution in [0.2, 0.25) is 0 Å². The Kier molecular flexibility index (Phi) is 10.8. The fourth-order valence-corrected chi connectivity index (χ4v) is 3.05. The van der Waals surface area contributed by atoms with Crippen LogP contribution in [0.25, 0.3) is 0 Å². The molecule has 6 nitrogen and oxygen atoms in total. The number of guanidine groups is 1. The van der Waals surface area contributed by atoms with Crippen molar-refractivity contribution in [3.63, 3.8) is 0 Å². The molecule has 28 heavy (non-hydrogen) atoms. The van der Waals surface area contributed by atoms with Crippen LogP contribution in [0.4, 0.5) is 0 Å². The van der Waals surface area contributed by atoms with Gasteiger partial charge in [-0.05, 0) is 57.6 Å². The van der Waals surface area contributed by atoms with Gasteiger partial charge in [-0.1, -0.05) is 18.2 Å². The van der Waals surface area contributed by atoms with Gasteiger partial charge in [-0.25, -0.2) is 4.99 Å². The third kappa shape index (κ3) is 8.93. The molecule has 0 radical (unpaired) electrons. The van der Waals surface area contributed by atoms with Gasteiger partial charge in [0.05, 0.1) is 6.54 Å². The maximum absolute atomic E-state index is 6.00. The summed E-state index contributed by atoms with van der Waals surface area (Å²) in [6.07, 6.45) is 3.22. The van der Waals surface area contributed by atoms with E-state index in [9.17, 15) is 0 Å². The highest BCUT2D eigenvalue weighted by Gasteiger charge is 2.13. The number of benzene rings is 1. The van der Waals surface area contributed by atoms with E-state index in [1.165, 1.54) is 0 Å². The maximum atomic E-state index is 6.00. The van der Waals surface area contributed by atoms with Crippen LogP contribution in [0.1, 0.15) is 38.7 Å². The van der Waals surface area contributed by atoms with Crippen molar-refractivity contribution in [3.8, 4) is 5.75 Å². The predicted molar refractivity (Wildman–Crippen MR) is 114 cm³/mol. The van der Waals surface area contributed by atoms with Gasteiger partial charge in [-0.3, -0.25) is 0 Å². The monoisotopic (exact) mass is 391 g/mol. The molecule has 2 rings (SSSR count). The van der Waals surface area contributed by atoms with Crippen molar-refractivity contribution < 1.29 is 14.2 Å². The third-order valence-electron chi connectivity index (χ3n) is 4.72. The minimum Gasteiger partial charge on any atom is -0.489 e. The third-order valence-corrected chi connectivity index (χ3v) is 4.72. The van der Waals surface area contributed by atoms with Crippen LogP contribution in [0.3, 0.4) is 0 Å². The van der Waals surface area contributed by atoms with Crippen LogP contribution in [-0.4, -0.2) is 58.1 Å². The molecule has 158 valence electrons. The molecule has 1 aromatic rings.